The first-order valence-electron chi connectivity index (χ1n) is 13.6. The van der Waals surface area contributed by atoms with Gasteiger partial charge in [-0.3, -0.25) is 28.6 Å². The van der Waals surface area contributed by atoms with Crippen LogP contribution in [0.1, 0.15) is 53.1 Å². The van der Waals surface area contributed by atoms with Crippen LogP contribution in [0.25, 0.3) is 0 Å². The number of hydrogen-bond donors (Lipinski definition) is 2. The Kier molecular flexibility index (Phi) is 7.19. The van der Waals surface area contributed by atoms with Crippen LogP contribution >= 0.6 is 0 Å². The molecule has 2 aromatic rings. The van der Waals surface area contributed by atoms with Crippen molar-refractivity contribution in [2.45, 2.75) is 56.8 Å². The number of benzene rings is 1. The van der Waals surface area contributed by atoms with E-state index in [0.717, 1.165) is 4.90 Å². The number of cyclic esters (lactones) is 1. The lowest BCUT2D eigenvalue weighted by Gasteiger charge is -2.48. The lowest BCUT2D eigenvalue weighted by atomic mass is 9.71. The van der Waals surface area contributed by atoms with Gasteiger partial charge in [-0.1, -0.05) is 12.1 Å². The zero-order chi connectivity index (χ0) is 30.6. The van der Waals surface area contributed by atoms with E-state index < -0.39 is 57.7 Å². The first kappa shape index (κ1) is 29.0. The average Bonchev–Trinajstić information content (AvgIpc) is 3.29. The highest BCUT2D eigenvalue weighted by Gasteiger charge is 2.57. The van der Waals surface area contributed by atoms with Gasteiger partial charge in [-0.05, 0) is 49.8 Å². The predicted octanol–water partition coefficient (Wildman–Crippen LogP) is 0.847. The summed E-state index contributed by atoms with van der Waals surface area (Å²) in [5.41, 5.74) is -2.62. The molecule has 13 nitrogen and oxygen atoms in total. The van der Waals surface area contributed by atoms with E-state index in [0.29, 0.717) is 30.5 Å². The molecule has 0 radical (unpaired) electrons. The van der Waals surface area contributed by atoms with Crippen molar-refractivity contribution in [2.24, 2.45) is 0 Å². The van der Waals surface area contributed by atoms with Gasteiger partial charge in [-0.15, -0.1) is 0 Å². The van der Waals surface area contributed by atoms with Gasteiger partial charge in [0, 0.05) is 27.7 Å². The van der Waals surface area contributed by atoms with Gasteiger partial charge in [-0.25, -0.2) is 14.2 Å². The monoisotopic (exact) mass is 584 g/mol. The van der Waals surface area contributed by atoms with Crippen molar-refractivity contribution in [3.8, 4) is 5.75 Å². The molecule has 1 aromatic heterocycles. The zero-order valence-corrected chi connectivity index (χ0v) is 23.9. The van der Waals surface area contributed by atoms with Crippen molar-refractivity contribution in [1.82, 2.24) is 29.6 Å². The number of hydrogen-bond acceptors (Lipinski definition) is 8. The first-order chi connectivity index (χ1) is 19.8. The predicted molar refractivity (Wildman–Crippen MR) is 145 cm³/mol. The number of halogens is 1. The standard InChI is InChI=1S/C28H33FN6O7/c1-16-13-17(5-6-18(16)29)14-30-21(37)19-20(36)22(38)34-15-27(35-11-12-42-26(35)41)7-9-28(10-8-27,25(34)31-19)33(4)24(40)23(39)32(2)3/h5-6,13,36H,7-12,14-15H2,1-4H3,(H,30,37). The maximum Gasteiger partial charge on any atom is 0.410 e. The molecule has 3 aliphatic heterocycles. The molecule has 1 aliphatic carbocycles. The second kappa shape index (κ2) is 10.4. The third-order valence-corrected chi connectivity index (χ3v) is 8.78. The molecule has 0 spiro atoms. The maximum atomic E-state index is 13.7. The number of aromatic nitrogens is 2. The quantitative estimate of drug-likeness (QED) is 0.491. The molecule has 6 rings (SSSR count). The summed E-state index contributed by atoms with van der Waals surface area (Å²) in [5, 5.41) is 13.5. The van der Waals surface area contributed by atoms with E-state index in [4.69, 9.17) is 4.74 Å². The summed E-state index contributed by atoms with van der Waals surface area (Å²) in [5.74, 6) is -3.70. The molecule has 1 aromatic carbocycles. The van der Waals surface area contributed by atoms with Crippen LogP contribution in [-0.4, -0.2) is 93.0 Å². The minimum Gasteiger partial charge on any atom is -0.501 e. The Hall–Kier alpha value is -4.49. The Balaban J connectivity index is 1.59. The van der Waals surface area contributed by atoms with E-state index in [-0.39, 0.29) is 38.4 Å². The number of rotatable bonds is 5. The van der Waals surface area contributed by atoms with Crippen LogP contribution < -0.4 is 10.9 Å². The molecule has 4 aliphatic rings. The Morgan fingerprint density at radius 2 is 1.81 bits per heavy atom. The van der Waals surface area contributed by atoms with Crippen LogP contribution in [0.5, 0.6) is 5.75 Å². The number of nitrogens with one attached hydrogen (secondary N) is 1. The summed E-state index contributed by atoms with van der Waals surface area (Å²) in [4.78, 5) is 74.2. The van der Waals surface area contributed by atoms with Gasteiger partial charge in [-0.2, -0.15) is 0 Å². The van der Waals surface area contributed by atoms with Crippen LogP contribution in [0.2, 0.25) is 0 Å². The van der Waals surface area contributed by atoms with Crippen LogP contribution in [-0.2, 0) is 33.0 Å². The van der Waals surface area contributed by atoms with E-state index in [1.54, 1.807) is 17.9 Å². The number of likely N-dealkylation sites (N-methyl/N-ethyl adjacent to an activating group) is 2. The summed E-state index contributed by atoms with van der Waals surface area (Å²) in [6, 6.07) is 4.34. The number of nitrogens with zero attached hydrogens (tertiary/aromatic N) is 5. The Morgan fingerprint density at radius 3 is 2.40 bits per heavy atom. The molecule has 1 saturated heterocycles. The minimum atomic E-state index is -1.29. The van der Waals surface area contributed by atoms with Gasteiger partial charge in [0.1, 0.15) is 23.8 Å². The molecule has 0 atom stereocenters. The highest BCUT2D eigenvalue weighted by Crippen LogP contribution is 2.50. The van der Waals surface area contributed by atoms with Crippen molar-refractivity contribution in [3.05, 3.63) is 57.0 Å². The summed E-state index contributed by atoms with van der Waals surface area (Å²) < 4.78 is 20.1. The van der Waals surface area contributed by atoms with Gasteiger partial charge >= 0.3 is 17.9 Å². The molecular weight excluding hydrogens is 551 g/mol. The number of ether oxygens (including phenoxy) is 1. The molecule has 42 heavy (non-hydrogen) atoms. The number of aryl methyl sites for hydroxylation is 1. The summed E-state index contributed by atoms with van der Waals surface area (Å²) in [7, 11) is 4.35. The van der Waals surface area contributed by atoms with Crippen molar-refractivity contribution in [2.75, 3.05) is 34.3 Å². The van der Waals surface area contributed by atoms with Gasteiger partial charge in [0.05, 0.1) is 18.6 Å². The second-order valence-corrected chi connectivity index (χ2v) is 11.4. The fourth-order valence-electron chi connectivity index (χ4n) is 6.29. The molecule has 4 amide bonds. The number of carbonyl (C=O) groups is 4. The molecule has 2 N–H and O–H groups in total. The SMILES string of the molecule is Cc1cc(CNC(=O)c2nc3n(c(=O)c2O)CC2(N4CCOC4=O)CCC3(N(C)C(=O)C(=O)N(C)C)CC2)ccc1F. The van der Waals surface area contributed by atoms with Gasteiger partial charge in [0.2, 0.25) is 5.75 Å². The normalized spacial score (nSPS) is 22.7. The third-order valence-electron chi connectivity index (χ3n) is 8.78. The Morgan fingerprint density at radius 1 is 1.12 bits per heavy atom. The lowest BCUT2D eigenvalue weighted by molar-refractivity contribution is -0.155. The molecule has 0 unspecified atom stereocenters. The Labute approximate surface area is 240 Å². The molecule has 1 saturated carbocycles. The fraction of sp³-hybridized carbons (Fsp3) is 0.500. The van der Waals surface area contributed by atoms with Crippen molar-refractivity contribution in [1.29, 1.82) is 0 Å². The summed E-state index contributed by atoms with van der Waals surface area (Å²) in [6.45, 7) is 2.02. The van der Waals surface area contributed by atoms with E-state index in [9.17, 15) is 33.5 Å². The maximum absolute atomic E-state index is 13.7. The third kappa shape index (κ3) is 4.54. The molecule has 2 fully saturated rings. The first-order valence-corrected chi connectivity index (χ1v) is 13.6. The highest BCUT2D eigenvalue weighted by atomic mass is 19.1. The average molecular weight is 585 g/mol. The van der Waals surface area contributed by atoms with Gasteiger partial charge < -0.3 is 25.0 Å². The highest BCUT2D eigenvalue weighted by molar-refractivity contribution is 6.34. The van der Waals surface area contributed by atoms with E-state index in [1.807, 2.05) is 0 Å². The minimum absolute atomic E-state index is 0.0272. The summed E-state index contributed by atoms with van der Waals surface area (Å²) in [6.07, 6.45) is 0.644. The van der Waals surface area contributed by atoms with Gasteiger partial charge in [0.25, 0.3) is 11.5 Å². The number of aromatic hydroxyl groups is 1. The van der Waals surface area contributed by atoms with E-state index >= 15 is 0 Å². The van der Waals surface area contributed by atoms with Crippen molar-refractivity contribution < 1.29 is 33.4 Å². The van der Waals surface area contributed by atoms with Crippen LogP contribution in [0.3, 0.4) is 0 Å². The smallest absolute Gasteiger partial charge is 0.410 e. The van der Waals surface area contributed by atoms with Crippen LogP contribution in [0.4, 0.5) is 9.18 Å². The summed E-state index contributed by atoms with van der Waals surface area (Å²) >= 11 is 0. The fourth-order valence-corrected chi connectivity index (χ4v) is 6.29. The topological polar surface area (TPSA) is 154 Å². The van der Waals surface area contributed by atoms with Gasteiger partial charge in [0.15, 0.2) is 5.69 Å². The van der Waals surface area contributed by atoms with Crippen molar-refractivity contribution in [3.63, 3.8) is 0 Å². The van der Waals surface area contributed by atoms with E-state index in [2.05, 4.69) is 10.3 Å². The van der Waals surface area contributed by atoms with Crippen molar-refractivity contribution >= 4 is 23.8 Å². The lowest BCUT2D eigenvalue weighted by Crippen LogP contribution is -2.58. The molecule has 14 heteroatoms. The second-order valence-electron chi connectivity index (χ2n) is 11.4. The zero-order valence-electron chi connectivity index (χ0n) is 23.9. The Bertz CT molecular complexity index is 1550. The molecule has 4 heterocycles. The van der Waals surface area contributed by atoms with E-state index in [1.165, 1.54) is 42.7 Å². The molecule has 2 bridgehead atoms. The number of carbonyl (C=O) groups excluding carboxylic acids is 4. The molecular formula is C28H33FN6O7. The van der Waals surface area contributed by atoms with Crippen LogP contribution in [0.15, 0.2) is 23.0 Å². The number of amides is 4. The largest absolute Gasteiger partial charge is 0.501 e. The molecule has 224 valence electrons. The van der Waals surface area contributed by atoms with Crippen LogP contribution in [0, 0.1) is 12.7 Å². The number of fused-ring (bicyclic) bond motifs is 2.